The highest BCUT2D eigenvalue weighted by molar-refractivity contribution is 6.50. The minimum absolute atomic E-state index is 0.176. The van der Waals surface area contributed by atoms with Crippen molar-refractivity contribution < 1.29 is 29.0 Å². The molecule has 0 aliphatic carbocycles. The molecule has 3 aliphatic rings. The van der Waals surface area contributed by atoms with Crippen molar-refractivity contribution in [3.05, 3.63) is 65.2 Å². The lowest BCUT2D eigenvalue weighted by Gasteiger charge is -2.35. The van der Waals surface area contributed by atoms with E-state index >= 15 is 0 Å². The molecule has 5 rings (SSSR count). The van der Waals surface area contributed by atoms with Crippen LogP contribution in [-0.4, -0.2) is 85.0 Å². The summed E-state index contributed by atoms with van der Waals surface area (Å²) in [5.74, 6) is -1.74. The van der Waals surface area contributed by atoms with Crippen LogP contribution in [0.15, 0.2) is 54.1 Å². The monoisotopic (exact) mass is 547 g/mol. The van der Waals surface area contributed by atoms with Gasteiger partial charge in [-0.3, -0.25) is 19.3 Å². The lowest BCUT2D eigenvalue weighted by atomic mass is 9.82. The summed E-state index contributed by atoms with van der Waals surface area (Å²) >= 11 is 0. The SMILES string of the molecule is CCCCN1C(=O)C2(/C(=C(/O)c3ccc(OCC)cc3)C(=O)C(=O)N2CCCN2CCOCC2)c2ccccc21. The molecule has 1 atom stereocenters. The average molecular weight is 548 g/mol. The number of aliphatic hydroxyl groups is 1. The highest BCUT2D eigenvalue weighted by Gasteiger charge is 2.66. The number of anilines is 1. The highest BCUT2D eigenvalue weighted by atomic mass is 16.5. The van der Waals surface area contributed by atoms with Crippen LogP contribution in [0, 0.1) is 0 Å². The third kappa shape index (κ3) is 4.67. The fourth-order valence-corrected chi connectivity index (χ4v) is 6.00. The molecule has 0 radical (unpaired) electrons. The first-order valence-electron chi connectivity index (χ1n) is 14.2. The lowest BCUT2D eigenvalue weighted by molar-refractivity contribution is -0.143. The molecule has 0 saturated carbocycles. The molecule has 9 nitrogen and oxygen atoms in total. The van der Waals surface area contributed by atoms with E-state index in [4.69, 9.17) is 9.47 Å². The summed E-state index contributed by atoms with van der Waals surface area (Å²) in [5.41, 5.74) is -0.352. The zero-order valence-corrected chi connectivity index (χ0v) is 23.2. The summed E-state index contributed by atoms with van der Waals surface area (Å²) < 4.78 is 11.0. The fraction of sp³-hybridized carbons (Fsp3) is 0.452. The number of fused-ring (bicyclic) bond motifs is 2. The second kappa shape index (κ2) is 11.8. The number of morpholine rings is 1. The molecule has 0 aromatic heterocycles. The van der Waals surface area contributed by atoms with Gasteiger partial charge in [0.15, 0.2) is 5.54 Å². The molecule has 2 aromatic rings. The van der Waals surface area contributed by atoms with Gasteiger partial charge in [0.25, 0.3) is 17.6 Å². The van der Waals surface area contributed by atoms with E-state index in [1.807, 2.05) is 32.0 Å². The van der Waals surface area contributed by atoms with Crippen LogP contribution in [0.1, 0.15) is 44.2 Å². The van der Waals surface area contributed by atoms with Crippen LogP contribution in [0.25, 0.3) is 5.76 Å². The normalized spacial score (nSPS) is 22.4. The Balaban J connectivity index is 1.62. The van der Waals surface area contributed by atoms with Gasteiger partial charge in [-0.1, -0.05) is 31.5 Å². The number of nitrogens with zero attached hydrogens (tertiary/aromatic N) is 3. The van der Waals surface area contributed by atoms with E-state index in [1.165, 1.54) is 4.90 Å². The molecule has 2 amide bonds. The summed E-state index contributed by atoms with van der Waals surface area (Å²) in [6.07, 6.45) is 2.21. The highest BCUT2D eigenvalue weighted by Crippen LogP contribution is 2.53. The number of amides is 2. The van der Waals surface area contributed by atoms with Crippen molar-refractivity contribution in [2.45, 2.75) is 38.6 Å². The maximum absolute atomic E-state index is 14.5. The summed E-state index contributed by atoms with van der Waals surface area (Å²) in [6.45, 7) is 8.68. The zero-order valence-electron chi connectivity index (χ0n) is 23.2. The molecular weight excluding hydrogens is 510 g/mol. The van der Waals surface area contributed by atoms with Gasteiger partial charge in [0.05, 0.1) is 31.1 Å². The van der Waals surface area contributed by atoms with Crippen LogP contribution in [0.4, 0.5) is 5.69 Å². The number of carbonyl (C=O) groups excluding carboxylic acids is 3. The summed E-state index contributed by atoms with van der Waals surface area (Å²) in [7, 11) is 0. The van der Waals surface area contributed by atoms with Gasteiger partial charge in [-0.05, 0) is 50.1 Å². The number of ketones is 1. The second-order valence-electron chi connectivity index (χ2n) is 10.3. The van der Waals surface area contributed by atoms with Crippen molar-refractivity contribution in [3.8, 4) is 5.75 Å². The Morgan fingerprint density at radius 2 is 1.68 bits per heavy atom. The van der Waals surface area contributed by atoms with Gasteiger partial charge in [-0.25, -0.2) is 0 Å². The van der Waals surface area contributed by atoms with Crippen molar-refractivity contribution in [3.63, 3.8) is 0 Å². The number of rotatable bonds is 10. The molecule has 212 valence electrons. The average Bonchev–Trinajstić information content (AvgIpc) is 3.35. The Labute approximate surface area is 235 Å². The zero-order chi connectivity index (χ0) is 28.3. The minimum Gasteiger partial charge on any atom is -0.507 e. The Bertz CT molecular complexity index is 1300. The molecule has 1 N–H and O–H groups in total. The van der Waals surface area contributed by atoms with Gasteiger partial charge >= 0.3 is 0 Å². The Morgan fingerprint density at radius 3 is 2.38 bits per heavy atom. The predicted molar refractivity (Wildman–Crippen MR) is 151 cm³/mol. The predicted octanol–water partition coefficient (Wildman–Crippen LogP) is 3.53. The number of hydrogen-bond donors (Lipinski definition) is 1. The topological polar surface area (TPSA) is 99.6 Å². The molecule has 9 heteroatoms. The third-order valence-corrected chi connectivity index (χ3v) is 7.94. The molecule has 40 heavy (non-hydrogen) atoms. The molecular formula is C31H37N3O6. The van der Waals surface area contributed by atoms with E-state index in [1.54, 1.807) is 35.2 Å². The summed E-state index contributed by atoms with van der Waals surface area (Å²) in [5, 5.41) is 11.7. The minimum atomic E-state index is -1.73. The molecule has 0 bridgehead atoms. The molecule has 2 saturated heterocycles. The molecule has 3 aliphatic heterocycles. The first kappa shape index (κ1) is 27.9. The number of likely N-dealkylation sites (tertiary alicyclic amines) is 1. The van der Waals surface area contributed by atoms with Gasteiger partial charge in [0, 0.05) is 43.9 Å². The van der Waals surface area contributed by atoms with Crippen molar-refractivity contribution >= 4 is 29.0 Å². The number of unbranched alkanes of at least 4 members (excludes halogenated alkanes) is 1. The van der Waals surface area contributed by atoms with E-state index in [0.717, 1.165) is 25.9 Å². The maximum Gasteiger partial charge on any atom is 0.296 e. The van der Waals surface area contributed by atoms with Crippen LogP contribution in [-0.2, 0) is 24.7 Å². The number of carbonyl (C=O) groups is 3. The van der Waals surface area contributed by atoms with Gasteiger partial charge in [-0.2, -0.15) is 0 Å². The van der Waals surface area contributed by atoms with E-state index in [-0.39, 0.29) is 23.8 Å². The quantitative estimate of drug-likeness (QED) is 0.276. The van der Waals surface area contributed by atoms with E-state index < -0.39 is 17.2 Å². The lowest BCUT2D eigenvalue weighted by Crippen LogP contribution is -2.52. The van der Waals surface area contributed by atoms with Crippen LogP contribution in [0.5, 0.6) is 5.75 Å². The smallest absolute Gasteiger partial charge is 0.296 e. The molecule has 1 unspecified atom stereocenters. The van der Waals surface area contributed by atoms with Crippen LogP contribution >= 0.6 is 0 Å². The summed E-state index contributed by atoms with van der Waals surface area (Å²) in [6, 6.07) is 14.0. The standard InChI is InChI=1S/C31H37N3O6/c1-3-5-16-33-25-10-7-6-9-24(25)31(30(33)38)26(27(35)22-11-13-23(14-12-22)40-4-2)28(36)29(37)34(31)17-8-15-32-18-20-39-21-19-32/h6-7,9-14,35H,3-5,8,15-21H2,1-2H3/b27-26+. The number of para-hydroxylation sites is 1. The van der Waals surface area contributed by atoms with Gasteiger partial charge in [0.2, 0.25) is 0 Å². The molecule has 2 fully saturated rings. The first-order valence-corrected chi connectivity index (χ1v) is 14.2. The van der Waals surface area contributed by atoms with Crippen molar-refractivity contribution in [1.82, 2.24) is 9.80 Å². The van der Waals surface area contributed by atoms with Crippen molar-refractivity contribution in [1.29, 1.82) is 0 Å². The van der Waals surface area contributed by atoms with Crippen LogP contribution in [0.3, 0.4) is 0 Å². The maximum atomic E-state index is 14.5. The largest absolute Gasteiger partial charge is 0.507 e. The summed E-state index contributed by atoms with van der Waals surface area (Å²) in [4.78, 5) is 47.4. The fourth-order valence-electron chi connectivity index (χ4n) is 6.00. The van der Waals surface area contributed by atoms with Crippen molar-refractivity contribution in [2.24, 2.45) is 0 Å². The number of hydrogen-bond acceptors (Lipinski definition) is 7. The molecule has 1 spiro atoms. The molecule has 3 heterocycles. The number of ether oxygens (including phenoxy) is 2. The Kier molecular flexibility index (Phi) is 8.23. The van der Waals surface area contributed by atoms with E-state index in [9.17, 15) is 19.5 Å². The first-order chi connectivity index (χ1) is 19.4. The second-order valence-corrected chi connectivity index (χ2v) is 10.3. The van der Waals surface area contributed by atoms with Gasteiger partial charge < -0.3 is 24.4 Å². The Morgan fingerprint density at radius 1 is 0.950 bits per heavy atom. The third-order valence-electron chi connectivity index (χ3n) is 7.94. The number of benzene rings is 2. The van der Waals surface area contributed by atoms with Crippen molar-refractivity contribution in [2.75, 3.05) is 57.4 Å². The Hall–Kier alpha value is -3.69. The van der Waals surface area contributed by atoms with E-state index in [2.05, 4.69) is 4.90 Å². The van der Waals surface area contributed by atoms with Gasteiger partial charge in [-0.15, -0.1) is 0 Å². The number of aliphatic hydroxyl groups excluding tert-OH is 1. The van der Waals surface area contributed by atoms with Crippen LogP contribution in [0.2, 0.25) is 0 Å². The number of Topliss-reactive ketones (excluding diaryl/α,β-unsaturated/α-hetero) is 1. The molecule has 2 aromatic carbocycles. The van der Waals surface area contributed by atoms with E-state index in [0.29, 0.717) is 61.9 Å². The van der Waals surface area contributed by atoms with Gasteiger partial charge in [0.1, 0.15) is 11.5 Å². The van der Waals surface area contributed by atoms with Crippen LogP contribution < -0.4 is 9.64 Å².